The summed E-state index contributed by atoms with van der Waals surface area (Å²) in [6.07, 6.45) is 0. The van der Waals surface area contributed by atoms with Gasteiger partial charge in [0.15, 0.2) is 0 Å². The lowest BCUT2D eigenvalue weighted by molar-refractivity contribution is 0.605. The maximum absolute atomic E-state index is 8.67. The molecule has 0 aliphatic rings. The fraction of sp³-hybridized carbons (Fsp3) is 1.00. The van der Waals surface area contributed by atoms with E-state index in [1.807, 2.05) is 14.1 Å². The molecule has 0 aromatic rings. The summed E-state index contributed by atoms with van der Waals surface area (Å²) in [5.41, 5.74) is 0. The third-order valence-corrected chi connectivity index (χ3v) is 0. The van der Waals surface area contributed by atoms with Crippen LogP contribution in [0.15, 0.2) is 0 Å². The highest BCUT2D eigenvalue weighted by molar-refractivity contribution is 7.57. The Morgan fingerprint density at radius 3 is 1.67 bits per heavy atom. The van der Waals surface area contributed by atoms with Crippen molar-refractivity contribution in [2.75, 3.05) is 14.1 Å². The largest absolute Gasteiger partial charge is 0.323 e. The number of hydrogen-bond donors (Lipinski definition) is 1. The molecule has 2 nitrogen and oxygen atoms in total. The standard InChI is InChI=1S/C2H7N.ClOP/c2*1-3-2/h3H,1-2H3;. The van der Waals surface area contributed by atoms with Crippen LogP contribution in [0.25, 0.3) is 0 Å². The molecule has 0 spiro atoms. The van der Waals surface area contributed by atoms with E-state index in [0.717, 1.165) is 0 Å². The van der Waals surface area contributed by atoms with Crippen molar-refractivity contribution in [2.24, 2.45) is 0 Å². The second-order valence-corrected chi connectivity index (χ2v) is 1.12. The molecule has 0 atom stereocenters. The quantitative estimate of drug-likeness (QED) is 0.497. The molecule has 0 aromatic heterocycles. The van der Waals surface area contributed by atoms with E-state index in [4.69, 9.17) is 4.57 Å². The predicted octanol–water partition coefficient (Wildman–Crippen LogP) is 1.27. The van der Waals surface area contributed by atoms with E-state index >= 15 is 0 Å². The minimum Gasteiger partial charge on any atom is -0.323 e. The maximum atomic E-state index is 8.67. The monoisotopic (exact) mass is 127 g/mol. The zero-order valence-corrected chi connectivity index (χ0v) is 5.38. The van der Waals surface area contributed by atoms with Gasteiger partial charge in [-0.3, -0.25) is 4.57 Å². The Balaban J connectivity index is 0. The lowest BCUT2D eigenvalue weighted by atomic mass is 11.3. The topological polar surface area (TPSA) is 29.1 Å². The second kappa shape index (κ2) is 18.3. The molecule has 0 radical (unpaired) electrons. The van der Waals surface area contributed by atoms with Crippen molar-refractivity contribution in [1.82, 2.24) is 5.32 Å². The van der Waals surface area contributed by atoms with Gasteiger partial charge in [-0.05, 0) is 25.3 Å². The van der Waals surface area contributed by atoms with Gasteiger partial charge >= 0.3 is 0 Å². The summed E-state index contributed by atoms with van der Waals surface area (Å²) in [4.78, 5) is 0. The lowest BCUT2D eigenvalue weighted by Crippen LogP contribution is -1.89. The van der Waals surface area contributed by atoms with Gasteiger partial charge in [0.25, 0.3) is 7.81 Å². The summed E-state index contributed by atoms with van der Waals surface area (Å²) in [6, 6.07) is 0. The smallest absolute Gasteiger partial charge is 0.267 e. The van der Waals surface area contributed by atoms with Gasteiger partial charge < -0.3 is 5.32 Å². The highest BCUT2D eigenvalue weighted by Gasteiger charge is 1.33. The van der Waals surface area contributed by atoms with E-state index < -0.39 is 0 Å². The van der Waals surface area contributed by atoms with Crippen LogP contribution in [0, 0.1) is 0 Å². The molecular weight excluding hydrogens is 120 g/mol. The molecule has 0 unspecified atom stereocenters. The van der Waals surface area contributed by atoms with E-state index in [1.54, 1.807) is 0 Å². The Bertz CT molecular complexity index is 27.5. The van der Waals surface area contributed by atoms with Crippen molar-refractivity contribution in [2.45, 2.75) is 0 Å². The SMILES string of the molecule is CNC.O=PCl. The van der Waals surface area contributed by atoms with Gasteiger partial charge in [-0.1, -0.05) is 0 Å². The zero-order chi connectivity index (χ0) is 5.41. The van der Waals surface area contributed by atoms with Crippen LogP contribution >= 0.6 is 19.1 Å². The number of hydrogen-bond acceptors (Lipinski definition) is 2. The fourth-order valence-corrected chi connectivity index (χ4v) is 0. The summed E-state index contributed by atoms with van der Waals surface area (Å²) < 4.78 is 8.67. The first-order chi connectivity index (χ1) is 2.83. The van der Waals surface area contributed by atoms with Gasteiger partial charge in [0.2, 0.25) is 0 Å². The summed E-state index contributed by atoms with van der Waals surface area (Å²) >= 11 is 4.42. The van der Waals surface area contributed by atoms with Crippen LogP contribution in [0.4, 0.5) is 0 Å². The van der Waals surface area contributed by atoms with Crippen LogP contribution in [0.3, 0.4) is 0 Å². The van der Waals surface area contributed by atoms with E-state index in [-0.39, 0.29) is 7.81 Å². The molecule has 1 N–H and O–H groups in total. The summed E-state index contributed by atoms with van der Waals surface area (Å²) in [5.74, 6) is 0. The number of rotatable bonds is 0. The molecule has 0 fully saturated rings. The van der Waals surface area contributed by atoms with Crippen LogP contribution in [0.1, 0.15) is 0 Å². The van der Waals surface area contributed by atoms with E-state index in [1.165, 1.54) is 0 Å². The Morgan fingerprint density at radius 2 is 1.67 bits per heavy atom. The van der Waals surface area contributed by atoms with E-state index in [0.29, 0.717) is 0 Å². The van der Waals surface area contributed by atoms with E-state index in [9.17, 15) is 0 Å². The molecule has 0 aliphatic heterocycles. The van der Waals surface area contributed by atoms with Gasteiger partial charge in [0.05, 0.1) is 0 Å². The van der Waals surface area contributed by atoms with Crippen LogP contribution in [-0.2, 0) is 4.57 Å². The molecule has 6 heavy (non-hydrogen) atoms. The molecule has 0 aromatic carbocycles. The molecule has 0 rings (SSSR count). The zero-order valence-electron chi connectivity index (χ0n) is 3.73. The van der Waals surface area contributed by atoms with Crippen molar-refractivity contribution in [3.63, 3.8) is 0 Å². The van der Waals surface area contributed by atoms with Crippen LogP contribution in [0.2, 0.25) is 0 Å². The lowest BCUT2D eigenvalue weighted by Gasteiger charge is -1.59. The van der Waals surface area contributed by atoms with Crippen molar-refractivity contribution < 1.29 is 4.57 Å². The third-order valence-electron chi connectivity index (χ3n) is 0. The average molecular weight is 128 g/mol. The molecule has 0 amide bonds. The summed E-state index contributed by atoms with van der Waals surface area (Å²) in [5, 5.41) is 2.75. The van der Waals surface area contributed by atoms with Crippen molar-refractivity contribution in [3.8, 4) is 0 Å². The predicted molar refractivity (Wildman–Crippen MR) is 28.4 cm³/mol. The molecule has 0 saturated carbocycles. The first-order valence-electron chi connectivity index (χ1n) is 1.35. The van der Waals surface area contributed by atoms with Crippen LogP contribution in [0.5, 0.6) is 0 Å². The first kappa shape index (κ1) is 9.61. The van der Waals surface area contributed by atoms with Gasteiger partial charge in [-0.2, -0.15) is 0 Å². The molecule has 0 heterocycles. The normalized spacial score (nSPS) is 6.50. The third kappa shape index (κ3) is 399. The van der Waals surface area contributed by atoms with Crippen molar-refractivity contribution in [3.05, 3.63) is 0 Å². The molecular formula is C2H7ClNOP. The van der Waals surface area contributed by atoms with Gasteiger partial charge in [0.1, 0.15) is 0 Å². The second-order valence-electron chi connectivity index (χ2n) is 0.569. The molecule has 0 aliphatic carbocycles. The van der Waals surface area contributed by atoms with Crippen LogP contribution in [-0.4, -0.2) is 14.1 Å². The average Bonchev–Trinajstić information content (AvgIpc) is 1.39. The van der Waals surface area contributed by atoms with Gasteiger partial charge in [-0.25, -0.2) is 0 Å². The fourth-order valence-electron chi connectivity index (χ4n) is 0. The Morgan fingerprint density at radius 1 is 1.67 bits per heavy atom. The first-order valence-corrected chi connectivity index (χ1v) is 3.07. The Kier molecular flexibility index (Phi) is 29.3. The van der Waals surface area contributed by atoms with Gasteiger partial charge in [-0.15, -0.1) is 0 Å². The molecule has 0 saturated heterocycles. The van der Waals surface area contributed by atoms with Gasteiger partial charge in [0, 0.05) is 0 Å². The molecule has 38 valence electrons. The van der Waals surface area contributed by atoms with Crippen molar-refractivity contribution >= 4 is 19.1 Å². The molecule has 0 bridgehead atoms. The summed E-state index contributed by atoms with van der Waals surface area (Å²) in [6.45, 7) is 0. The number of halogens is 1. The molecule has 4 heteroatoms. The highest BCUT2D eigenvalue weighted by atomic mass is 35.7. The highest BCUT2D eigenvalue weighted by Crippen LogP contribution is 1.92. The Labute approximate surface area is 43.9 Å². The minimum absolute atomic E-state index is 0.361. The van der Waals surface area contributed by atoms with Crippen LogP contribution < -0.4 is 5.32 Å². The van der Waals surface area contributed by atoms with E-state index in [2.05, 4.69) is 16.6 Å². The number of nitrogens with one attached hydrogen (secondary N) is 1. The van der Waals surface area contributed by atoms with Crippen molar-refractivity contribution in [1.29, 1.82) is 0 Å². The maximum Gasteiger partial charge on any atom is 0.267 e. The summed E-state index contributed by atoms with van der Waals surface area (Å²) in [7, 11) is 3.39. The minimum atomic E-state index is -0.361. The Hall–Kier alpha value is 0.350.